The summed E-state index contributed by atoms with van der Waals surface area (Å²) >= 11 is 0. The highest BCUT2D eigenvalue weighted by atomic mass is 16.5. The van der Waals surface area contributed by atoms with Crippen LogP contribution < -0.4 is 5.32 Å². The second-order valence-corrected chi connectivity index (χ2v) is 14.1. The van der Waals surface area contributed by atoms with Gasteiger partial charge in [0.05, 0.1) is 36.8 Å². The summed E-state index contributed by atoms with van der Waals surface area (Å²) in [5, 5.41) is 11.5. The largest absolute Gasteiger partial charge is 0.481 e. The minimum atomic E-state index is -0.838. The Morgan fingerprint density at radius 2 is 1.49 bits per heavy atom. The molecule has 11 nitrogen and oxygen atoms in total. The molecule has 0 saturated carbocycles. The van der Waals surface area contributed by atoms with E-state index in [0.717, 1.165) is 25.8 Å². The van der Waals surface area contributed by atoms with Gasteiger partial charge in [-0.15, -0.1) is 0 Å². The molecule has 1 rings (SSSR count). The molecule has 1 aliphatic heterocycles. The highest BCUT2D eigenvalue weighted by Crippen LogP contribution is 2.29. The van der Waals surface area contributed by atoms with Crippen LogP contribution in [-0.4, -0.2) is 109 Å². The van der Waals surface area contributed by atoms with Crippen molar-refractivity contribution in [1.29, 1.82) is 0 Å². The molecule has 1 heterocycles. The Labute approximate surface area is 298 Å². The Bertz CT molecular complexity index is 988. The number of hydrogen-bond acceptors (Lipinski definition) is 8. The second kappa shape index (κ2) is 25.6. The Balaban J connectivity index is 0. The van der Waals surface area contributed by atoms with Gasteiger partial charge in [0.1, 0.15) is 5.78 Å². The lowest BCUT2D eigenvalue weighted by Gasteiger charge is -2.35. The fourth-order valence-corrected chi connectivity index (χ4v) is 6.49. The van der Waals surface area contributed by atoms with Crippen molar-refractivity contribution in [2.24, 2.45) is 29.6 Å². The highest BCUT2D eigenvalue weighted by molar-refractivity contribution is 5.90. The lowest BCUT2D eigenvalue weighted by molar-refractivity contribution is -0.141. The van der Waals surface area contributed by atoms with Crippen molar-refractivity contribution in [2.75, 3.05) is 34.4 Å². The predicted octanol–water partition coefficient (Wildman–Crippen LogP) is 5.87. The molecule has 0 radical (unpaired) electrons. The maximum absolute atomic E-state index is 13.0. The number of ketones is 2. The molecule has 1 fully saturated rings. The lowest BCUT2D eigenvalue weighted by Crippen LogP contribution is -2.54. The van der Waals surface area contributed by atoms with Crippen LogP contribution in [0.5, 0.6) is 0 Å². The summed E-state index contributed by atoms with van der Waals surface area (Å²) in [6.07, 6.45) is 3.57. The molecular weight excluding hydrogens is 626 g/mol. The van der Waals surface area contributed by atoms with E-state index in [4.69, 9.17) is 14.6 Å². The van der Waals surface area contributed by atoms with Crippen LogP contribution in [0.2, 0.25) is 0 Å². The van der Waals surface area contributed by atoms with E-state index in [-0.39, 0.29) is 71.8 Å². The van der Waals surface area contributed by atoms with Gasteiger partial charge in [0.15, 0.2) is 5.78 Å². The number of likely N-dealkylation sites (N-methyl/N-ethyl adjacent to an activating group) is 1. The van der Waals surface area contributed by atoms with Gasteiger partial charge in [-0.1, -0.05) is 75.7 Å². The number of ether oxygens (including phenoxy) is 2. The number of carbonyl (C=O) groups is 5. The topological polar surface area (TPSA) is 143 Å². The van der Waals surface area contributed by atoms with E-state index in [9.17, 15) is 24.0 Å². The number of Topliss-reactive ketones (excluding diaryl/α,β-unsaturated/α-hetero) is 2. The zero-order valence-corrected chi connectivity index (χ0v) is 33.6. The standard InChI is InChI=1S/C20H37NO4.C16H30N2O4.C2H6/c1-8-13(2)14(3)18(24-6)12-19(23)21-11-9-10-17(21)20(25-7)15(4)16(5)22;1-10(2)14(12(5)19)17-16(22)15(11(3)4)18(6)9-7-8-13(20)21;1-2/h13-15,17-18,20H,8-12H2,1-7H3;10-11,14-15H,7-9H2,1-6H3,(H,17,22)(H,20,21);1-2H3/t13-,14-,15?,17-,18?,20?;14-,15?;/m00./s1. The van der Waals surface area contributed by atoms with Crippen molar-refractivity contribution in [2.45, 2.75) is 152 Å². The highest BCUT2D eigenvalue weighted by Gasteiger charge is 2.40. The van der Waals surface area contributed by atoms with E-state index in [1.807, 2.05) is 65.3 Å². The van der Waals surface area contributed by atoms with Crippen molar-refractivity contribution < 1.29 is 38.6 Å². The van der Waals surface area contributed by atoms with Crippen molar-refractivity contribution in [1.82, 2.24) is 15.1 Å². The van der Waals surface area contributed by atoms with E-state index in [0.29, 0.717) is 31.2 Å². The fourth-order valence-electron chi connectivity index (χ4n) is 6.49. The molecule has 0 aliphatic carbocycles. The Kier molecular flexibility index (Phi) is 25.4. The summed E-state index contributed by atoms with van der Waals surface area (Å²) in [5.41, 5.74) is 0. The average Bonchev–Trinajstić information content (AvgIpc) is 3.52. The van der Waals surface area contributed by atoms with Crippen molar-refractivity contribution in [3.05, 3.63) is 0 Å². The van der Waals surface area contributed by atoms with Crippen LogP contribution in [0.25, 0.3) is 0 Å². The van der Waals surface area contributed by atoms with E-state index >= 15 is 0 Å². The van der Waals surface area contributed by atoms with Gasteiger partial charge < -0.3 is 24.8 Å². The van der Waals surface area contributed by atoms with E-state index in [1.54, 1.807) is 21.1 Å². The summed E-state index contributed by atoms with van der Waals surface area (Å²) in [6, 6.07) is -0.886. The number of nitrogens with one attached hydrogen (secondary N) is 1. The molecule has 0 aromatic rings. The van der Waals surface area contributed by atoms with Gasteiger partial charge in [0.2, 0.25) is 11.8 Å². The molecule has 1 aliphatic rings. The summed E-state index contributed by atoms with van der Waals surface area (Å²) in [6.45, 7) is 24.4. The zero-order chi connectivity index (χ0) is 38.6. The average molecular weight is 700 g/mol. The molecule has 2 amide bonds. The molecule has 49 heavy (non-hydrogen) atoms. The smallest absolute Gasteiger partial charge is 0.303 e. The van der Waals surface area contributed by atoms with Gasteiger partial charge in [-0.3, -0.25) is 28.9 Å². The molecule has 0 aromatic heterocycles. The van der Waals surface area contributed by atoms with Crippen LogP contribution >= 0.6 is 0 Å². The maximum Gasteiger partial charge on any atom is 0.303 e. The van der Waals surface area contributed by atoms with Crippen LogP contribution in [-0.2, 0) is 33.4 Å². The molecule has 8 atom stereocenters. The first-order valence-electron chi connectivity index (χ1n) is 18.4. The third-order valence-electron chi connectivity index (χ3n) is 9.89. The van der Waals surface area contributed by atoms with Gasteiger partial charge in [-0.05, 0) is 70.4 Å². The van der Waals surface area contributed by atoms with Crippen LogP contribution in [0.4, 0.5) is 0 Å². The molecule has 288 valence electrons. The third kappa shape index (κ3) is 16.9. The molecule has 4 unspecified atom stereocenters. The molecule has 11 heteroatoms. The maximum atomic E-state index is 13.0. The predicted molar refractivity (Wildman–Crippen MR) is 196 cm³/mol. The number of hydrogen-bond donors (Lipinski definition) is 2. The van der Waals surface area contributed by atoms with Gasteiger partial charge in [-0.25, -0.2) is 0 Å². The number of carboxylic acid groups (broad SMARTS) is 1. The van der Waals surface area contributed by atoms with Crippen LogP contribution in [0.3, 0.4) is 0 Å². The molecule has 2 N–H and O–H groups in total. The summed E-state index contributed by atoms with van der Waals surface area (Å²) in [7, 11) is 5.13. The molecule has 0 aromatic carbocycles. The third-order valence-corrected chi connectivity index (χ3v) is 9.89. The first-order chi connectivity index (χ1) is 22.8. The quantitative estimate of drug-likeness (QED) is 0.160. The van der Waals surface area contributed by atoms with Gasteiger partial charge in [0.25, 0.3) is 0 Å². The number of likely N-dealkylation sites (tertiary alicyclic amines) is 1. The Morgan fingerprint density at radius 3 is 1.90 bits per heavy atom. The van der Waals surface area contributed by atoms with E-state index < -0.39 is 12.0 Å². The van der Waals surface area contributed by atoms with Gasteiger partial charge in [0, 0.05) is 33.1 Å². The van der Waals surface area contributed by atoms with Crippen LogP contribution in [0.1, 0.15) is 122 Å². The minimum Gasteiger partial charge on any atom is -0.481 e. The van der Waals surface area contributed by atoms with Crippen molar-refractivity contribution >= 4 is 29.4 Å². The minimum absolute atomic E-state index is 0.0205. The number of nitrogens with zero attached hydrogens (tertiary/aromatic N) is 2. The fraction of sp³-hybridized carbons (Fsp3) is 0.868. The number of amides is 2. The molecular formula is C38H73N3O8. The number of methoxy groups -OCH3 is 2. The first kappa shape index (κ1) is 48.7. The van der Waals surface area contributed by atoms with E-state index in [2.05, 4.69) is 26.1 Å². The van der Waals surface area contributed by atoms with Gasteiger partial charge >= 0.3 is 5.97 Å². The normalized spacial score (nSPS) is 18.7. The monoisotopic (exact) mass is 700 g/mol. The summed E-state index contributed by atoms with van der Waals surface area (Å²) in [5.74, 6) is -0.127. The Morgan fingerprint density at radius 1 is 0.918 bits per heavy atom. The summed E-state index contributed by atoms with van der Waals surface area (Å²) in [4.78, 5) is 63.3. The number of carbonyl (C=O) groups excluding carboxylic acids is 4. The van der Waals surface area contributed by atoms with Crippen molar-refractivity contribution in [3.63, 3.8) is 0 Å². The van der Waals surface area contributed by atoms with Crippen molar-refractivity contribution in [3.8, 4) is 0 Å². The Hall–Kier alpha value is -2.37. The molecule has 1 saturated heterocycles. The van der Waals surface area contributed by atoms with Gasteiger partial charge in [-0.2, -0.15) is 0 Å². The SMILES string of the molecule is CC.CC(=O)[C@@H](NC(=O)C(C(C)C)N(C)CCCC(=O)O)C(C)C.CC[C@H](C)[C@H](C)C(CC(=O)N1CCC[C@H]1C(OC)C(C)C(C)=O)OC. The number of rotatable bonds is 20. The summed E-state index contributed by atoms with van der Waals surface area (Å²) < 4.78 is 11.3. The van der Waals surface area contributed by atoms with Crippen LogP contribution in [0.15, 0.2) is 0 Å². The number of aliphatic carboxylic acids is 1. The lowest BCUT2D eigenvalue weighted by atomic mass is 9.87. The van der Waals surface area contributed by atoms with E-state index in [1.165, 1.54) is 6.92 Å². The molecule has 0 bridgehead atoms. The molecule has 0 spiro atoms. The first-order valence-corrected chi connectivity index (χ1v) is 18.4. The van der Waals surface area contributed by atoms with Crippen LogP contribution in [0, 0.1) is 29.6 Å². The second-order valence-electron chi connectivity index (χ2n) is 14.1. The zero-order valence-electron chi connectivity index (χ0n) is 33.6. The number of carboxylic acids is 1.